The van der Waals surface area contributed by atoms with Crippen LogP contribution in [-0.2, 0) is 0 Å². The van der Waals surface area contributed by atoms with Crippen molar-refractivity contribution < 1.29 is 9.32 Å². The zero-order valence-electron chi connectivity index (χ0n) is 8.93. The maximum absolute atomic E-state index is 11.9. The molecule has 1 amide bonds. The van der Waals surface area contributed by atoms with Crippen LogP contribution in [0.3, 0.4) is 0 Å². The monoisotopic (exact) mass is 209 g/mol. The Labute approximate surface area is 88.4 Å². The summed E-state index contributed by atoms with van der Waals surface area (Å²) in [6.45, 7) is 5.56. The van der Waals surface area contributed by atoms with Gasteiger partial charge in [0, 0.05) is 31.2 Å². The van der Waals surface area contributed by atoms with E-state index in [4.69, 9.17) is 4.52 Å². The molecule has 1 saturated heterocycles. The van der Waals surface area contributed by atoms with Gasteiger partial charge in [0.1, 0.15) is 0 Å². The Balaban J connectivity index is 2.07. The summed E-state index contributed by atoms with van der Waals surface area (Å²) in [5, 5.41) is 6.91. The Bertz CT molecular complexity index is 326. The average Bonchev–Trinajstić information content (AvgIpc) is 2.67. The first-order chi connectivity index (χ1) is 7.16. The zero-order chi connectivity index (χ0) is 10.8. The van der Waals surface area contributed by atoms with Crippen LogP contribution < -0.4 is 5.32 Å². The standard InChI is InChI=1S/C10H15N3O2/c1-7-5-13(6-8(2)12-7)10(14)9-3-4-11-15-9/h3-4,7-8,12H,5-6H2,1-2H3. The molecule has 1 aromatic heterocycles. The number of carbonyl (C=O) groups excluding carboxylic acids is 1. The van der Waals surface area contributed by atoms with Crippen LogP contribution in [0.1, 0.15) is 24.4 Å². The van der Waals surface area contributed by atoms with E-state index in [0.29, 0.717) is 30.9 Å². The molecule has 2 atom stereocenters. The van der Waals surface area contributed by atoms with Crippen LogP contribution >= 0.6 is 0 Å². The number of aromatic nitrogens is 1. The highest BCUT2D eigenvalue weighted by molar-refractivity contribution is 5.91. The lowest BCUT2D eigenvalue weighted by Crippen LogP contribution is -2.55. The van der Waals surface area contributed by atoms with E-state index in [9.17, 15) is 4.79 Å². The van der Waals surface area contributed by atoms with E-state index < -0.39 is 0 Å². The fourth-order valence-corrected chi connectivity index (χ4v) is 1.97. The van der Waals surface area contributed by atoms with Crippen LogP contribution in [0.15, 0.2) is 16.8 Å². The van der Waals surface area contributed by atoms with E-state index >= 15 is 0 Å². The predicted octanol–water partition coefficient (Wildman–Crippen LogP) is 0.497. The van der Waals surface area contributed by atoms with Gasteiger partial charge in [-0.05, 0) is 13.8 Å². The summed E-state index contributed by atoms with van der Waals surface area (Å²) in [5.41, 5.74) is 0. The van der Waals surface area contributed by atoms with Crippen molar-refractivity contribution in [3.8, 4) is 0 Å². The lowest BCUT2D eigenvalue weighted by Gasteiger charge is -2.35. The molecule has 1 aliphatic heterocycles. The summed E-state index contributed by atoms with van der Waals surface area (Å²) in [6, 6.07) is 2.24. The van der Waals surface area contributed by atoms with Gasteiger partial charge in [-0.3, -0.25) is 4.79 Å². The highest BCUT2D eigenvalue weighted by atomic mass is 16.5. The van der Waals surface area contributed by atoms with Crippen molar-refractivity contribution >= 4 is 5.91 Å². The molecule has 15 heavy (non-hydrogen) atoms. The van der Waals surface area contributed by atoms with Gasteiger partial charge < -0.3 is 14.7 Å². The number of nitrogens with one attached hydrogen (secondary N) is 1. The third-order valence-corrected chi connectivity index (χ3v) is 2.49. The van der Waals surface area contributed by atoms with Gasteiger partial charge in [0.05, 0.1) is 6.20 Å². The van der Waals surface area contributed by atoms with Gasteiger partial charge in [-0.1, -0.05) is 5.16 Å². The van der Waals surface area contributed by atoms with Crippen LogP contribution in [-0.4, -0.2) is 41.1 Å². The number of nitrogens with zero attached hydrogens (tertiary/aromatic N) is 2. The Morgan fingerprint density at radius 1 is 1.53 bits per heavy atom. The number of hydrogen-bond acceptors (Lipinski definition) is 4. The molecule has 82 valence electrons. The minimum absolute atomic E-state index is 0.0762. The minimum atomic E-state index is -0.0762. The van der Waals surface area contributed by atoms with Crippen molar-refractivity contribution in [3.63, 3.8) is 0 Å². The van der Waals surface area contributed by atoms with Gasteiger partial charge in [-0.15, -0.1) is 0 Å². The first-order valence-corrected chi connectivity index (χ1v) is 5.13. The quantitative estimate of drug-likeness (QED) is 0.731. The molecule has 0 radical (unpaired) electrons. The second-order valence-electron chi connectivity index (χ2n) is 4.06. The molecular formula is C10H15N3O2. The molecule has 0 spiro atoms. The molecule has 2 rings (SSSR count). The summed E-state index contributed by atoms with van der Waals surface area (Å²) in [5.74, 6) is 0.240. The number of hydrogen-bond donors (Lipinski definition) is 1. The molecule has 1 aromatic rings. The van der Waals surface area contributed by atoms with Crippen molar-refractivity contribution in [1.82, 2.24) is 15.4 Å². The van der Waals surface area contributed by atoms with Gasteiger partial charge in [-0.25, -0.2) is 0 Å². The lowest BCUT2D eigenvalue weighted by atomic mass is 10.1. The van der Waals surface area contributed by atoms with Crippen molar-refractivity contribution in [2.24, 2.45) is 0 Å². The molecule has 1 fully saturated rings. The summed E-state index contributed by atoms with van der Waals surface area (Å²) < 4.78 is 4.86. The van der Waals surface area contributed by atoms with Crippen LogP contribution in [0.4, 0.5) is 0 Å². The van der Waals surface area contributed by atoms with Gasteiger partial charge in [0.2, 0.25) is 5.76 Å². The van der Waals surface area contributed by atoms with Gasteiger partial charge in [0.25, 0.3) is 5.91 Å². The summed E-state index contributed by atoms with van der Waals surface area (Å²) >= 11 is 0. The van der Waals surface area contributed by atoms with E-state index in [1.54, 1.807) is 11.0 Å². The highest BCUT2D eigenvalue weighted by Crippen LogP contribution is 2.09. The maximum Gasteiger partial charge on any atom is 0.292 e. The second kappa shape index (κ2) is 4.02. The molecule has 2 unspecified atom stereocenters. The highest BCUT2D eigenvalue weighted by Gasteiger charge is 2.26. The van der Waals surface area contributed by atoms with Crippen molar-refractivity contribution in [2.75, 3.05) is 13.1 Å². The molecule has 0 aromatic carbocycles. The molecule has 0 saturated carbocycles. The van der Waals surface area contributed by atoms with Crippen LogP contribution in [0.25, 0.3) is 0 Å². The first-order valence-electron chi connectivity index (χ1n) is 5.13. The summed E-state index contributed by atoms with van der Waals surface area (Å²) in [7, 11) is 0. The fraction of sp³-hybridized carbons (Fsp3) is 0.600. The molecule has 0 aliphatic carbocycles. The molecule has 1 N–H and O–H groups in total. The van der Waals surface area contributed by atoms with E-state index in [0.717, 1.165) is 0 Å². The zero-order valence-corrected chi connectivity index (χ0v) is 8.93. The summed E-state index contributed by atoms with van der Waals surface area (Å²) in [6.07, 6.45) is 1.49. The second-order valence-corrected chi connectivity index (χ2v) is 4.06. The number of piperazine rings is 1. The van der Waals surface area contributed by atoms with Crippen molar-refractivity contribution in [3.05, 3.63) is 18.0 Å². The topological polar surface area (TPSA) is 58.4 Å². The van der Waals surface area contributed by atoms with Crippen LogP contribution in [0.2, 0.25) is 0 Å². The predicted molar refractivity (Wildman–Crippen MR) is 54.5 cm³/mol. The normalized spacial score (nSPS) is 26.7. The van der Waals surface area contributed by atoms with Gasteiger partial charge in [0.15, 0.2) is 0 Å². The Hall–Kier alpha value is -1.36. The third kappa shape index (κ3) is 2.18. The Morgan fingerprint density at radius 2 is 2.20 bits per heavy atom. The van der Waals surface area contributed by atoms with Crippen LogP contribution in [0, 0.1) is 0 Å². The smallest absolute Gasteiger partial charge is 0.292 e. The number of rotatable bonds is 1. The van der Waals surface area contributed by atoms with Crippen molar-refractivity contribution in [2.45, 2.75) is 25.9 Å². The minimum Gasteiger partial charge on any atom is -0.351 e. The SMILES string of the molecule is CC1CN(C(=O)c2ccno2)CC(C)N1. The summed E-state index contributed by atoms with van der Waals surface area (Å²) in [4.78, 5) is 13.7. The Morgan fingerprint density at radius 3 is 2.73 bits per heavy atom. The lowest BCUT2D eigenvalue weighted by molar-refractivity contribution is 0.0632. The number of carbonyl (C=O) groups is 1. The molecule has 5 nitrogen and oxygen atoms in total. The van der Waals surface area contributed by atoms with E-state index in [-0.39, 0.29) is 5.91 Å². The molecule has 1 aliphatic rings. The molecular weight excluding hydrogens is 194 g/mol. The first kappa shape index (κ1) is 10.2. The van der Waals surface area contributed by atoms with Gasteiger partial charge >= 0.3 is 0 Å². The molecule has 0 bridgehead atoms. The maximum atomic E-state index is 11.9. The van der Waals surface area contributed by atoms with E-state index in [1.165, 1.54) is 6.20 Å². The third-order valence-electron chi connectivity index (χ3n) is 2.49. The van der Waals surface area contributed by atoms with E-state index in [1.807, 2.05) is 0 Å². The fourth-order valence-electron chi connectivity index (χ4n) is 1.97. The largest absolute Gasteiger partial charge is 0.351 e. The Kier molecular flexibility index (Phi) is 2.73. The molecule has 2 heterocycles. The van der Waals surface area contributed by atoms with Crippen molar-refractivity contribution in [1.29, 1.82) is 0 Å². The number of amides is 1. The van der Waals surface area contributed by atoms with E-state index in [2.05, 4.69) is 24.3 Å². The van der Waals surface area contributed by atoms with Crippen LogP contribution in [0.5, 0.6) is 0 Å². The molecule has 5 heteroatoms. The average molecular weight is 209 g/mol. The van der Waals surface area contributed by atoms with Gasteiger partial charge in [-0.2, -0.15) is 0 Å².